The second-order valence-electron chi connectivity index (χ2n) is 14.0. The van der Waals surface area contributed by atoms with Gasteiger partial charge in [-0.2, -0.15) is 10.2 Å². The first-order valence-electron chi connectivity index (χ1n) is 18.6. The van der Waals surface area contributed by atoms with Gasteiger partial charge in [-0.05, 0) is 99.9 Å². The maximum Gasteiger partial charge on any atom is 0.261 e. The number of rotatable bonds is 12. The molecule has 0 spiro atoms. The number of carbonyl (C=O) groups excluding carboxylic acids is 4. The van der Waals surface area contributed by atoms with Gasteiger partial charge in [0.15, 0.2) is 0 Å². The van der Waals surface area contributed by atoms with Gasteiger partial charge < -0.3 is 32.7 Å². The third kappa shape index (κ3) is 9.21. The summed E-state index contributed by atoms with van der Waals surface area (Å²) in [5.74, 6) is -0.298. The Morgan fingerprint density at radius 1 is 0.673 bits per heavy atom. The highest BCUT2D eigenvalue weighted by Crippen LogP contribution is 2.26. The fourth-order valence-electron chi connectivity index (χ4n) is 5.88. The molecular weight excluding hydrogens is 697 g/mol. The number of benzene rings is 3. The maximum absolute atomic E-state index is 12.6. The van der Waals surface area contributed by atoms with E-state index in [0.717, 1.165) is 49.7 Å². The molecular formula is C41H48N10O4. The van der Waals surface area contributed by atoms with Crippen LogP contribution in [0.5, 0.6) is 0 Å². The molecule has 2 aliphatic rings. The van der Waals surface area contributed by atoms with Crippen molar-refractivity contribution in [3.63, 3.8) is 0 Å². The lowest BCUT2D eigenvalue weighted by Crippen LogP contribution is -2.34. The Kier molecular flexibility index (Phi) is 11.6. The van der Waals surface area contributed by atoms with Crippen molar-refractivity contribution < 1.29 is 19.2 Å². The molecule has 2 aromatic heterocycles. The smallest absolute Gasteiger partial charge is 0.261 e. The van der Waals surface area contributed by atoms with Gasteiger partial charge in [-0.15, -0.1) is 0 Å². The molecule has 2 aliphatic carbocycles. The molecule has 0 radical (unpaired) electrons. The van der Waals surface area contributed by atoms with Gasteiger partial charge in [0.1, 0.15) is 22.8 Å². The van der Waals surface area contributed by atoms with E-state index in [0.29, 0.717) is 33.8 Å². The monoisotopic (exact) mass is 744 g/mol. The van der Waals surface area contributed by atoms with E-state index in [1.807, 2.05) is 58.0 Å². The number of nitrogens with one attached hydrogen (secondary N) is 4. The molecule has 2 saturated carbocycles. The standard InChI is InChI=1S/C21H21N5O2.C20H27N5O2/c1-13-7-8-14(20(27)24-16-9-10-16)11-18(13)26-19(22)17(12-23-26)21(28)25-15-5-3-2-4-6-15;1-4-14(5-2)23-20(27)16-11-22-25(18(16)21)17-10-13(7-6-12(17)3)19(26)24-15-8-9-15/h2-8,11-12,16H,9-10,22H2,1H3,(H,24,27)(H,25,28);6-7,10-11,14-15H,4-5,8-9,21H2,1-3H3,(H,23,27)(H,24,26). The Morgan fingerprint density at radius 2 is 1.13 bits per heavy atom. The fraction of sp³-hybridized carbons (Fsp3) is 0.317. The topological polar surface area (TPSA) is 204 Å². The minimum atomic E-state index is -0.338. The Labute approximate surface area is 320 Å². The van der Waals surface area contributed by atoms with E-state index in [4.69, 9.17) is 11.5 Å². The molecule has 5 aromatic rings. The minimum absolute atomic E-state index is 0.101. The zero-order chi connectivity index (χ0) is 39.2. The minimum Gasteiger partial charge on any atom is -0.383 e. The number of aromatic nitrogens is 4. The fourth-order valence-corrected chi connectivity index (χ4v) is 5.88. The van der Waals surface area contributed by atoms with Gasteiger partial charge in [0.2, 0.25) is 0 Å². The number of hydrogen-bond donors (Lipinski definition) is 6. The molecule has 2 fully saturated rings. The van der Waals surface area contributed by atoms with Crippen LogP contribution >= 0.6 is 0 Å². The molecule has 0 atom stereocenters. The summed E-state index contributed by atoms with van der Waals surface area (Å²) in [7, 11) is 0. The maximum atomic E-state index is 12.6. The van der Waals surface area contributed by atoms with Gasteiger partial charge in [0, 0.05) is 34.9 Å². The van der Waals surface area contributed by atoms with Crippen LogP contribution in [0.4, 0.5) is 17.3 Å². The first-order valence-corrected chi connectivity index (χ1v) is 18.6. The molecule has 14 heteroatoms. The lowest BCUT2D eigenvalue weighted by atomic mass is 10.1. The van der Waals surface area contributed by atoms with Gasteiger partial charge in [-0.3, -0.25) is 19.2 Å². The zero-order valence-corrected chi connectivity index (χ0v) is 31.6. The number of nitrogens with two attached hydrogens (primary N) is 2. The van der Waals surface area contributed by atoms with E-state index in [-0.39, 0.29) is 59.0 Å². The summed E-state index contributed by atoms with van der Waals surface area (Å²) in [5, 5.41) is 20.3. The highest BCUT2D eigenvalue weighted by molar-refractivity contribution is 6.07. The third-order valence-corrected chi connectivity index (χ3v) is 9.68. The molecule has 55 heavy (non-hydrogen) atoms. The Morgan fingerprint density at radius 3 is 1.56 bits per heavy atom. The van der Waals surface area contributed by atoms with Crippen molar-refractivity contribution in [3.8, 4) is 11.4 Å². The summed E-state index contributed by atoms with van der Waals surface area (Å²) < 4.78 is 3.01. The molecule has 8 N–H and O–H groups in total. The summed E-state index contributed by atoms with van der Waals surface area (Å²) in [6.45, 7) is 7.89. The SMILES string of the molecule is CCC(CC)NC(=O)c1cnn(-c2cc(C(=O)NC3CC3)ccc2C)c1N.Cc1ccc(C(=O)NC2CC2)cc1-n1ncc(C(=O)Nc2ccccc2)c1N. The van der Waals surface area contributed by atoms with E-state index in [1.165, 1.54) is 21.8 Å². The molecule has 3 aromatic carbocycles. The van der Waals surface area contributed by atoms with Crippen LogP contribution in [0.15, 0.2) is 79.1 Å². The summed E-state index contributed by atoms with van der Waals surface area (Å²) in [6, 6.07) is 20.6. The molecule has 2 heterocycles. The zero-order valence-electron chi connectivity index (χ0n) is 31.6. The Balaban J connectivity index is 0.000000187. The third-order valence-electron chi connectivity index (χ3n) is 9.68. The summed E-state index contributed by atoms with van der Waals surface area (Å²) in [6.07, 6.45) is 8.73. The van der Waals surface area contributed by atoms with Gasteiger partial charge in [0.05, 0.1) is 23.8 Å². The number of aryl methyl sites for hydroxylation is 2. The van der Waals surface area contributed by atoms with Crippen molar-refractivity contribution in [1.82, 2.24) is 35.5 Å². The van der Waals surface area contributed by atoms with Gasteiger partial charge >= 0.3 is 0 Å². The van der Waals surface area contributed by atoms with Crippen LogP contribution in [0.2, 0.25) is 0 Å². The second kappa shape index (κ2) is 16.7. The molecule has 0 bridgehead atoms. The quantitative estimate of drug-likeness (QED) is 0.0963. The molecule has 286 valence electrons. The first-order chi connectivity index (χ1) is 26.5. The van der Waals surface area contributed by atoms with E-state index in [1.54, 1.807) is 36.4 Å². The lowest BCUT2D eigenvalue weighted by Gasteiger charge is -2.14. The highest BCUT2D eigenvalue weighted by Gasteiger charge is 2.26. The number of anilines is 3. The number of hydrogen-bond acceptors (Lipinski definition) is 8. The van der Waals surface area contributed by atoms with Crippen LogP contribution < -0.4 is 32.7 Å². The highest BCUT2D eigenvalue weighted by atomic mass is 16.2. The Bertz CT molecular complexity index is 2200. The van der Waals surface area contributed by atoms with Crippen molar-refractivity contribution in [2.75, 3.05) is 16.8 Å². The van der Waals surface area contributed by atoms with Crippen LogP contribution in [-0.4, -0.2) is 61.3 Å². The molecule has 4 amide bonds. The van der Waals surface area contributed by atoms with Gasteiger partial charge in [-0.25, -0.2) is 9.36 Å². The van der Waals surface area contributed by atoms with Crippen molar-refractivity contribution >= 4 is 41.0 Å². The first kappa shape index (κ1) is 38.3. The number of amides is 4. The van der Waals surface area contributed by atoms with E-state index < -0.39 is 0 Å². The summed E-state index contributed by atoms with van der Waals surface area (Å²) >= 11 is 0. The van der Waals surface area contributed by atoms with E-state index >= 15 is 0 Å². The van der Waals surface area contributed by atoms with Crippen molar-refractivity contribution in [2.45, 2.75) is 84.3 Å². The van der Waals surface area contributed by atoms with E-state index in [9.17, 15) is 19.2 Å². The van der Waals surface area contributed by atoms with Crippen molar-refractivity contribution in [1.29, 1.82) is 0 Å². The molecule has 0 unspecified atom stereocenters. The van der Waals surface area contributed by atoms with Crippen LogP contribution in [0.25, 0.3) is 11.4 Å². The van der Waals surface area contributed by atoms with Gasteiger partial charge in [-0.1, -0.05) is 44.2 Å². The van der Waals surface area contributed by atoms with E-state index in [2.05, 4.69) is 31.5 Å². The van der Waals surface area contributed by atoms with Crippen molar-refractivity contribution in [2.24, 2.45) is 0 Å². The average molecular weight is 745 g/mol. The predicted molar refractivity (Wildman–Crippen MR) is 213 cm³/mol. The molecule has 7 rings (SSSR count). The van der Waals surface area contributed by atoms with Crippen molar-refractivity contribution in [3.05, 3.63) is 113 Å². The van der Waals surface area contributed by atoms with Gasteiger partial charge in [0.25, 0.3) is 23.6 Å². The Hall–Kier alpha value is -6.44. The van der Waals surface area contributed by atoms with Crippen LogP contribution in [0, 0.1) is 13.8 Å². The summed E-state index contributed by atoms with van der Waals surface area (Å²) in [5.41, 5.74) is 18.0. The number of nitrogens with zero attached hydrogens (tertiary/aromatic N) is 4. The molecule has 0 aliphatic heterocycles. The molecule has 14 nitrogen and oxygen atoms in total. The number of para-hydroxylation sites is 1. The summed E-state index contributed by atoms with van der Waals surface area (Å²) in [4.78, 5) is 49.8. The largest absolute Gasteiger partial charge is 0.383 e. The lowest BCUT2D eigenvalue weighted by molar-refractivity contribution is 0.0930. The second-order valence-corrected chi connectivity index (χ2v) is 14.0. The van der Waals surface area contributed by atoms with Crippen LogP contribution in [0.1, 0.15) is 105 Å². The molecule has 0 saturated heterocycles. The average Bonchev–Trinajstić information content (AvgIpc) is 4.11. The van der Waals surface area contributed by atoms with Crippen LogP contribution in [-0.2, 0) is 0 Å². The predicted octanol–water partition coefficient (Wildman–Crippen LogP) is 5.48. The van der Waals surface area contributed by atoms with Crippen LogP contribution in [0.3, 0.4) is 0 Å². The number of carbonyl (C=O) groups is 4. The normalized spacial score (nSPS) is 13.4. The number of nitrogen functional groups attached to an aromatic ring is 2.